The van der Waals surface area contributed by atoms with E-state index in [9.17, 15) is 14.4 Å². The molecule has 1 aliphatic rings. The first-order valence-electron chi connectivity index (χ1n) is 8.79. The first-order valence-corrected chi connectivity index (χ1v) is 8.79. The van der Waals surface area contributed by atoms with Gasteiger partial charge in [0.2, 0.25) is 0 Å². The Kier molecular flexibility index (Phi) is 6.25. The molecule has 0 aromatic carbocycles. The van der Waals surface area contributed by atoms with Gasteiger partial charge in [-0.05, 0) is 73.6 Å². The molecule has 5 heteroatoms. The van der Waals surface area contributed by atoms with Gasteiger partial charge in [-0.2, -0.15) is 0 Å². The molecule has 1 fully saturated rings. The SMILES string of the molecule is C=C(C)[C@@H]1CC(C(=O)OC(C)(C)C)(C(=O)OC(C)(C)C)CC[C@H]1C=O. The van der Waals surface area contributed by atoms with Crippen LogP contribution in [0.25, 0.3) is 0 Å². The summed E-state index contributed by atoms with van der Waals surface area (Å²) in [7, 11) is 0. The zero-order valence-electron chi connectivity index (χ0n) is 16.6. The number of aldehydes is 1. The summed E-state index contributed by atoms with van der Waals surface area (Å²) in [5, 5.41) is 0. The number of hydrogen-bond acceptors (Lipinski definition) is 5. The second-order valence-electron chi connectivity index (χ2n) is 9.08. The highest BCUT2D eigenvalue weighted by Gasteiger charge is 2.55. The Bertz CT molecular complexity index is 519. The third-order valence-electron chi connectivity index (χ3n) is 4.38. The molecule has 0 heterocycles. The molecule has 0 bridgehead atoms. The van der Waals surface area contributed by atoms with E-state index >= 15 is 0 Å². The molecule has 2 atom stereocenters. The van der Waals surface area contributed by atoms with Gasteiger partial charge in [0.1, 0.15) is 17.5 Å². The maximum Gasteiger partial charge on any atom is 0.324 e. The molecule has 0 radical (unpaired) electrons. The Labute approximate surface area is 151 Å². The highest BCUT2D eigenvalue weighted by molar-refractivity contribution is 6.00. The molecular weight excluding hydrogens is 320 g/mol. The number of hydrogen-bond donors (Lipinski definition) is 0. The summed E-state index contributed by atoms with van der Waals surface area (Å²) in [6, 6.07) is 0. The minimum absolute atomic E-state index is 0.190. The Hall–Kier alpha value is -1.65. The Morgan fingerprint density at radius 2 is 1.48 bits per heavy atom. The van der Waals surface area contributed by atoms with E-state index in [2.05, 4.69) is 6.58 Å². The van der Waals surface area contributed by atoms with E-state index in [4.69, 9.17) is 9.47 Å². The Balaban J connectivity index is 3.28. The van der Waals surface area contributed by atoms with Crippen molar-refractivity contribution < 1.29 is 23.9 Å². The number of ether oxygens (including phenoxy) is 2. The summed E-state index contributed by atoms with van der Waals surface area (Å²) in [6.07, 6.45) is 1.76. The van der Waals surface area contributed by atoms with E-state index in [-0.39, 0.29) is 24.7 Å². The number of allylic oxidation sites excluding steroid dienone is 1. The van der Waals surface area contributed by atoms with Gasteiger partial charge in [0, 0.05) is 5.92 Å². The summed E-state index contributed by atoms with van der Waals surface area (Å²) in [4.78, 5) is 37.4. The summed E-state index contributed by atoms with van der Waals surface area (Å²) in [6.45, 7) is 16.4. The molecule has 1 rings (SSSR count). The van der Waals surface area contributed by atoms with Crippen molar-refractivity contribution in [2.75, 3.05) is 0 Å². The van der Waals surface area contributed by atoms with Gasteiger partial charge in [0.05, 0.1) is 0 Å². The van der Waals surface area contributed by atoms with Crippen LogP contribution < -0.4 is 0 Å². The van der Waals surface area contributed by atoms with Crippen molar-refractivity contribution in [1.29, 1.82) is 0 Å². The van der Waals surface area contributed by atoms with E-state index in [1.165, 1.54) is 0 Å². The van der Waals surface area contributed by atoms with E-state index in [0.29, 0.717) is 6.42 Å². The average Bonchev–Trinajstić information content (AvgIpc) is 2.42. The molecule has 0 aromatic rings. The third kappa shape index (κ3) is 5.41. The summed E-state index contributed by atoms with van der Waals surface area (Å²) in [5.41, 5.74) is -2.05. The number of carbonyl (C=O) groups excluding carboxylic acids is 3. The van der Waals surface area contributed by atoms with Crippen molar-refractivity contribution in [3.05, 3.63) is 12.2 Å². The molecule has 0 aromatic heterocycles. The molecule has 0 amide bonds. The summed E-state index contributed by atoms with van der Waals surface area (Å²) in [5.74, 6) is -1.64. The highest BCUT2D eigenvalue weighted by Crippen LogP contribution is 2.47. The van der Waals surface area contributed by atoms with E-state index in [1.54, 1.807) is 41.5 Å². The first kappa shape index (κ1) is 21.4. The maximum absolute atomic E-state index is 13.0. The van der Waals surface area contributed by atoms with Gasteiger partial charge in [-0.1, -0.05) is 12.2 Å². The molecule has 0 unspecified atom stereocenters. The molecular formula is C20H32O5. The van der Waals surface area contributed by atoms with Crippen molar-refractivity contribution >= 4 is 18.2 Å². The van der Waals surface area contributed by atoms with Gasteiger partial charge in [0.25, 0.3) is 0 Å². The first-order chi connectivity index (χ1) is 11.2. The maximum atomic E-state index is 13.0. The molecule has 0 spiro atoms. The van der Waals surface area contributed by atoms with Crippen molar-refractivity contribution in [3.63, 3.8) is 0 Å². The van der Waals surface area contributed by atoms with Gasteiger partial charge in [-0.3, -0.25) is 9.59 Å². The molecule has 0 N–H and O–H groups in total. The second kappa shape index (κ2) is 7.30. The lowest BCUT2D eigenvalue weighted by Gasteiger charge is -2.42. The average molecular weight is 352 g/mol. The van der Waals surface area contributed by atoms with Gasteiger partial charge >= 0.3 is 11.9 Å². The minimum Gasteiger partial charge on any atom is -0.459 e. The van der Waals surface area contributed by atoms with Crippen LogP contribution in [-0.2, 0) is 23.9 Å². The predicted octanol–water partition coefficient (Wildman–Crippen LogP) is 3.85. The highest BCUT2D eigenvalue weighted by atomic mass is 16.6. The Morgan fingerprint density at radius 1 is 1.04 bits per heavy atom. The lowest BCUT2D eigenvalue weighted by Crippen LogP contribution is -2.51. The predicted molar refractivity (Wildman–Crippen MR) is 95.8 cm³/mol. The molecule has 142 valence electrons. The van der Waals surface area contributed by atoms with Crippen LogP contribution >= 0.6 is 0 Å². The van der Waals surface area contributed by atoms with Crippen LogP contribution in [0.2, 0.25) is 0 Å². The van der Waals surface area contributed by atoms with Gasteiger partial charge in [-0.25, -0.2) is 0 Å². The number of rotatable bonds is 4. The fourth-order valence-electron chi connectivity index (χ4n) is 3.15. The molecule has 25 heavy (non-hydrogen) atoms. The lowest BCUT2D eigenvalue weighted by molar-refractivity contribution is -0.190. The normalized spacial score (nSPS) is 23.5. The quantitative estimate of drug-likeness (QED) is 0.333. The standard InChI is InChI=1S/C20H32O5/c1-13(2)15-11-20(10-9-14(15)12-21,16(22)24-18(3,4)5)17(23)25-19(6,7)8/h12,14-15H,1,9-11H2,2-8H3/t14-,15-/m0/s1. The van der Waals surface area contributed by atoms with Crippen LogP contribution in [0.15, 0.2) is 12.2 Å². The minimum atomic E-state index is -1.40. The Morgan fingerprint density at radius 3 is 1.80 bits per heavy atom. The molecule has 0 saturated heterocycles. The lowest BCUT2D eigenvalue weighted by atomic mass is 9.63. The van der Waals surface area contributed by atoms with Gasteiger partial charge < -0.3 is 14.3 Å². The monoisotopic (exact) mass is 352 g/mol. The zero-order chi connectivity index (χ0) is 19.6. The van der Waals surface area contributed by atoms with Crippen LogP contribution in [0.1, 0.15) is 67.7 Å². The van der Waals surface area contributed by atoms with Gasteiger partial charge in [0.15, 0.2) is 5.41 Å². The number of carbonyl (C=O) groups is 3. The van der Waals surface area contributed by atoms with Crippen molar-refractivity contribution in [1.82, 2.24) is 0 Å². The van der Waals surface area contributed by atoms with Crippen LogP contribution in [0.4, 0.5) is 0 Å². The largest absolute Gasteiger partial charge is 0.459 e. The van der Waals surface area contributed by atoms with Crippen LogP contribution in [0, 0.1) is 17.3 Å². The van der Waals surface area contributed by atoms with Crippen molar-refractivity contribution in [3.8, 4) is 0 Å². The van der Waals surface area contributed by atoms with E-state index < -0.39 is 28.6 Å². The van der Waals surface area contributed by atoms with E-state index in [0.717, 1.165) is 11.9 Å². The van der Waals surface area contributed by atoms with E-state index in [1.807, 2.05) is 6.92 Å². The fraction of sp³-hybridized carbons (Fsp3) is 0.750. The van der Waals surface area contributed by atoms with Crippen molar-refractivity contribution in [2.45, 2.75) is 78.9 Å². The fourth-order valence-corrected chi connectivity index (χ4v) is 3.15. The summed E-state index contributed by atoms with van der Waals surface area (Å²) < 4.78 is 11.1. The van der Waals surface area contributed by atoms with Gasteiger partial charge in [-0.15, -0.1) is 0 Å². The second-order valence-corrected chi connectivity index (χ2v) is 9.08. The van der Waals surface area contributed by atoms with Crippen molar-refractivity contribution in [2.24, 2.45) is 17.3 Å². The molecule has 5 nitrogen and oxygen atoms in total. The molecule has 0 aliphatic heterocycles. The molecule has 1 aliphatic carbocycles. The topological polar surface area (TPSA) is 69.7 Å². The number of esters is 2. The zero-order valence-corrected chi connectivity index (χ0v) is 16.6. The van der Waals surface area contributed by atoms with Crippen LogP contribution in [0.5, 0.6) is 0 Å². The smallest absolute Gasteiger partial charge is 0.324 e. The molecule has 1 saturated carbocycles. The summed E-state index contributed by atoms with van der Waals surface area (Å²) >= 11 is 0. The van der Waals surface area contributed by atoms with Crippen LogP contribution in [-0.4, -0.2) is 29.4 Å². The van der Waals surface area contributed by atoms with Crippen LogP contribution in [0.3, 0.4) is 0 Å². The third-order valence-corrected chi connectivity index (χ3v) is 4.38.